The van der Waals surface area contributed by atoms with Crippen LogP contribution >= 0.6 is 24.0 Å². The molecule has 0 spiro atoms. The van der Waals surface area contributed by atoms with E-state index in [-0.39, 0.29) is 24.0 Å². The van der Waals surface area contributed by atoms with Crippen molar-refractivity contribution in [2.45, 2.75) is 58.9 Å². The number of carbonyl (C=O) groups excluding carboxylic acids is 1. The van der Waals surface area contributed by atoms with E-state index in [0.29, 0.717) is 31.4 Å². The Balaban J connectivity index is 0.00000385. The summed E-state index contributed by atoms with van der Waals surface area (Å²) in [5, 5.41) is 6.73. The van der Waals surface area contributed by atoms with Gasteiger partial charge in [0.2, 0.25) is 5.91 Å². The van der Waals surface area contributed by atoms with E-state index >= 15 is 0 Å². The average molecular weight is 573 g/mol. The molecule has 0 aromatic heterocycles. The third kappa shape index (κ3) is 9.68. The molecule has 1 amide bonds. The summed E-state index contributed by atoms with van der Waals surface area (Å²) in [6.45, 7) is 10.3. The highest BCUT2D eigenvalue weighted by Gasteiger charge is 2.17. The van der Waals surface area contributed by atoms with Crippen molar-refractivity contribution >= 4 is 35.8 Å². The fourth-order valence-electron chi connectivity index (χ4n) is 4.11. The van der Waals surface area contributed by atoms with Crippen molar-refractivity contribution in [1.29, 1.82) is 0 Å². The zero-order chi connectivity index (χ0) is 22.6. The predicted octanol–water partition coefficient (Wildman–Crippen LogP) is 3.88. The Kier molecular flexibility index (Phi) is 12.9. The molecule has 2 saturated heterocycles. The maximum atomic E-state index is 12.1. The van der Waals surface area contributed by atoms with Crippen molar-refractivity contribution in [3.63, 3.8) is 0 Å². The molecule has 2 fully saturated rings. The molecule has 0 radical (unpaired) electrons. The molecule has 8 heteroatoms. The van der Waals surface area contributed by atoms with E-state index in [1.165, 1.54) is 5.56 Å². The number of halogens is 1. The second kappa shape index (κ2) is 15.4. The summed E-state index contributed by atoms with van der Waals surface area (Å²) in [5.41, 5.74) is 2.27. The van der Waals surface area contributed by atoms with Gasteiger partial charge in [0.25, 0.3) is 0 Å². The highest BCUT2D eigenvalue weighted by atomic mass is 127. The van der Waals surface area contributed by atoms with Crippen molar-refractivity contribution < 1.29 is 14.3 Å². The molecule has 0 bridgehead atoms. The Labute approximate surface area is 216 Å². The normalized spacial score (nSPS) is 19.1. The zero-order valence-electron chi connectivity index (χ0n) is 20.2. The lowest BCUT2D eigenvalue weighted by Crippen LogP contribution is -2.39. The SMILES string of the molecule is CCNC(=NCc1ccc(C)cc1OCC1CCOC1)NCCCN1CCCCCC1=O.I. The molecule has 0 saturated carbocycles. The van der Waals surface area contributed by atoms with Crippen LogP contribution in [-0.2, 0) is 16.1 Å². The molecule has 2 aliphatic rings. The van der Waals surface area contributed by atoms with Gasteiger partial charge in [-0.05, 0) is 51.2 Å². The number of benzene rings is 1. The molecule has 3 rings (SSSR count). The number of guanidine groups is 1. The van der Waals surface area contributed by atoms with Gasteiger partial charge in [-0.1, -0.05) is 18.6 Å². The van der Waals surface area contributed by atoms with Crippen LogP contribution in [0.15, 0.2) is 23.2 Å². The lowest BCUT2D eigenvalue weighted by molar-refractivity contribution is -0.130. The summed E-state index contributed by atoms with van der Waals surface area (Å²) in [7, 11) is 0. The smallest absolute Gasteiger partial charge is 0.222 e. The molecule has 1 aromatic carbocycles. The molecular formula is C25H41IN4O3. The Hall–Kier alpha value is -1.55. The van der Waals surface area contributed by atoms with E-state index in [4.69, 9.17) is 14.5 Å². The monoisotopic (exact) mass is 572 g/mol. The lowest BCUT2D eigenvalue weighted by atomic mass is 10.1. The number of aliphatic imine (C=N–C) groups is 1. The summed E-state index contributed by atoms with van der Waals surface area (Å²) in [6.07, 6.45) is 6.00. The largest absolute Gasteiger partial charge is 0.493 e. The van der Waals surface area contributed by atoms with Gasteiger partial charge in [-0.25, -0.2) is 4.99 Å². The van der Waals surface area contributed by atoms with Crippen LogP contribution < -0.4 is 15.4 Å². The number of carbonyl (C=O) groups is 1. The number of rotatable bonds is 10. The van der Waals surface area contributed by atoms with Crippen molar-refractivity contribution in [3.8, 4) is 5.75 Å². The molecule has 2 aliphatic heterocycles. The van der Waals surface area contributed by atoms with E-state index in [9.17, 15) is 4.79 Å². The van der Waals surface area contributed by atoms with Crippen LogP contribution in [0.25, 0.3) is 0 Å². The van der Waals surface area contributed by atoms with Gasteiger partial charge >= 0.3 is 0 Å². The molecule has 0 aliphatic carbocycles. The maximum absolute atomic E-state index is 12.1. The van der Waals surface area contributed by atoms with Gasteiger partial charge in [0.15, 0.2) is 5.96 Å². The number of amides is 1. The molecule has 2 heterocycles. The molecule has 33 heavy (non-hydrogen) atoms. The van der Waals surface area contributed by atoms with Gasteiger partial charge in [-0.15, -0.1) is 24.0 Å². The van der Waals surface area contributed by atoms with Crippen LogP contribution in [0.2, 0.25) is 0 Å². The maximum Gasteiger partial charge on any atom is 0.222 e. The number of aryl methyl sites for hydroxylation is 1. The first kappa shape index (κ1) is 27.7. The van der Waals surface area contributed by atoms with E-state index < -0.39 is 0 Å². The van der Waals surface area contributed by atoms with E-state index in [2.05, 4.69) is 42.7 Å². The Bertz CT molecular complexity index is 753. The van der Waals surface area contributed by atoms with Crippen molar-refractivity contribution in [3.05, 3.63) is 29.3 Å². The highest BCUT2D eigenvalue weighted by Crippen LogP contribution is 2.23. The summed E-state index contributed by atoms with van der Waals surface area (Å²) in [4.78, 5) is 18.9. The van der Waals surface area contributed by atoms with E-state index in [1.54, 1.807) is 0 Å². The number of nitrogens with zero attached hydrogens (tertiary/aromatic N) is 2. The minimum atomic E-state index is 0. The fraction of sp³-hybridized carbons (Fsp3) is 0.680. The van der Waals surface area contributed by atoms with Gasteiger partial charge in [-0.2, -0.15) is 0 Å². The van der Waals surface area contributed by atoms with Crippen LogP contribution in [-0.4, -0.2) is 62.8 Å². The average Bonchev–Trinajstić information content (AvgIpc) is 3.23. The standard InChI is InChI=1S/C25H40N4O3.HI/c1-3-26-25(27-12-7-14-29-13-6-4-5-8-24(29)30)28-17-22-10-9-20(2)16-23(22)32-19-21-11-15-31-18-21;/h9-10,16,21H,3-8,11-15,17-19H2,1-2H3,(H2,26,27,28);1H. The lowest BCUT2D eigenvalue weighted by Gasteiger charge is -2.21. The van der Waals surface area contributed by atoms with Gasteiger partial charge < -0.3 is 25.0 Å². The third-order valence-corrected chi connectivity index (χ3v) is 6.04. The predicted molar refractivity (Wildman–Crippen MR) is 143 cm³/mol. The highest BCUT2D eigenvalue weighted by molar-refractivity contribution is 14.0. The van der Waals surface area contributed by atoms with Crippen molar-refractivity contribution in [2.75, 3.05) is 46.0 Å². The Morgan fingerprint density at radius 2 is 2.15 bits per heavy atom. The number of hydrogen-bond acceptors (Lipinski definition) is 4. The van der Waals surface area contributed by atoms with Crippen LogP contribution in [0, 0.1) is 12.8 Å². The van der Waals surface area contributed by atoms with E-state index in [1.807, 2.05) is 4.90 Å². The molecule has 7 nitrogen and oxygen atoms in total. The van der Waals surface area contributed by atoms with Crippen LogP contribution in [0.1, 0.15) is 56.6 Å². The number of likely N-dealkylation sites (tertiary alicyclic amines) is 1. The quantitative estimate of drug-likeness (QED) is 0.193. The topological polar surface area (TPSA) is 75.2 Å². The van der Waals surface area contributed by atoms with E-state index in [0.717, 1.165) is 88.8 Å². The second-order valence-electron chi connectivity index (χ2n) is 8.82. The molecule has 186 valence electrons. The minimum absolute atomic E-state index is 0. The number of nitrogens with one attached hydrogen (secondary N) is 2. The Morgan fingerprint density at radius 3 is 2.94 bits per heavy atom. The van der Waals surface area contributed by atoms with Crippen molar-refractivity contribution in [2.24, 2.45) is 10.9 Å². The van der Waals surface area contributed by atoms with Gasteiger partial charge in [-0.3, -0.25) is 4.79 Å². The van der Waals surface area contributed by atoms with Gasteiger partial charge in [0.1, 0.15) is 5.75 Å². The minimum Gasteiger partial charge on any atom is -0.493 e. The first-order chi connectivity index (χ1) is 15.7. The van der Waals surface area contributed by atoms with Gasteiger partial charge in [0, 0.05) is 50.7 Å². The summed E-state index contributed by atoms with van der Waals surface area (Å²) >= 11 is 0. The summed E-state index contributed by atoms with van der Waals surface area (Å²) in [6, 6.07) is 6.31. The first-order valence-corrected chi connectivity index (χ1v) is 12.3. The van der Waals surface area contributed by atoms with Crippen LogP contribution in [0.5, 0.6) is 5.75 Å². The Morgan fingerprint density at radius 1 is 1.27 bits per heavy atom. The van der Waals surface area contributed by atoms with Crippen LogP contribution in [0.4, 0.5) is 0 Å². The van der Waals surface area contributed by atoms with Crippen molar-refractivity contribution in [1.82, 2.24) is 15.5 Å². The number of hydrogen-bond donors (Lipinski definition) is 2. The molecular weight excluding hydrogens is 531 g/mol. The van der Waals surface area contributed by atoms with Gasteiger partial charge in [0.05, 0.1) is 19.8 Å². The molecule has 1 unspecified atom stereocenters. The molecule has 1 atom stereocenters. The second-order valence-corrected chi connectivity index (χ2v) is 8.82. The summed E-state index contributed by atoms with van der Waals surface area (Å²) < 4.78 is 11.6. The van der Waals surface area contributed by atoms with Crippen LogP contribution in [0.3, 0.4) is 0 Å². The first-order valence-electron chi connectivity index (χ1n) is 12.3. The summed E-state index contributed by atoms with van der Waals surface area (Å²) in [5.74, 6) is 2.49. The molecule has 1 aromatic rings. The third-order valence-electron chi connectivity index (χ3n) is 6.04. The fourth-order valence-corrected chi connectivity index (χ4v) is 4.11. The molecule has 2 N–H and O–H groups in total. The zero-order valence-corrected chi connectivity index (χ0v) is 22.6. The number of ether oxygens (including phenoxy) is 2.